The van der Waals surface area contributed by atoms with E-state index >= 15 is 0 Å². The summed E-state index contributed by atoms with van der Waals surface area (Å²) < 4.78 is 29.3. The van der Waals surface area contributed by atoms with Gasteiger partial charge in [0.2, 0.25) is 10.0 Å². The maximum absolute atomic E-state index is 12.0. The maximum atomic E-state index is 12.0. The zero-order chi connectivity index (χ0) is 13.2. The van der Waals surface area contributed by atoms with Gasteiger partial charge in [-0.3, -0.25) is 9.59 Å². The van der Waals surface area contributed by atoms with E-state index in [1.807, 2.05) is 0 Å². The van der Waals surface area contributed by atoms with Crippen molar-refractivity contribution in [3.63, 3.8) is 0 Å². The first-order valence-electron chi connectivity index (χ1n) is 5.13. The molecule has 0 radical (unpaired) electrons. The Bertz CT molecular complexity index is 417. The number of carbonyl (C=O) groups is 2. The van der Waals surface area contributed by atoms with Gasteiger partial charge in [-0.25, -0.2) is 8.42 Å². The third-order valence-corrected chi connectivity index (χ3v) is 4.97. The van der Waals surface area contributed by atoms with Gasteiger partial charge in [-0.05, 0) is 19.8 Å². The van der Waals surface area contributed by atoms with E-state index < -0.39 is 33.3 Å². The molecule has 1 aliphatic rings. The number of methoxy groups -OCH3 is 1. The highest BCUT2D eigenvalue weighted by atomic mass is 32.2. The number of hydrogen-bond acceptors (Lipinski definition) is 5. The van der Waals surface area contributed by atoms with Crippen LogP contribution in [0.25, 0.3) is 0 Å². The predicted molar refractivity (Wildman–Crippen MR) is 57.8 cm³/mol. The lowest BCUT2D eigenvalue weighted by molar-refractivity contribution is -0.142. The minimum Gasteiger partial charge on any atom is -0.480 e. The van der Waals surface area contributed by atoms with Crippen LogP contribution in [0.4, 0.5) is 0 Å². The monoisotopic (exact) mass is 265 g/mol. The molecule has 1 fully saturated rings. The third kappa shape index (κ3) is 2.58. The van der Waals surface area contributed by atoms with E-state index in [4.69, 9.17) is 5.11 Å². The average Bonchev–Trinajstić information content (AvgIpc) is 2.76. The van der Waals surface area contributed by atoms with Gasteiger partial charge in [-0.2, -0.15) is 4.31 Å². The molecule has 8 heteroatoms. The molecular weight excluding hydrogens is 250 g/mol. The topological polar surface area (TPSA) is 101 Å². The Morgan fingerprint density at radius 1 is 1.47 bits per heavy atom. The van der Waals surface area contributed by atoms with Gasteiger partial charge < -0.3 is 9.84 Å². The van der Waals surface area contributed by atoms with Gasteiger partial charge in [-0.15, -0.1) is 0 Å². The first-order chi connectivity index (χ1) is 7.82. The van der Waals surface area contributed by atoms with Crippen LogP contribution >= 0.6 is 0 Å². The second-order valence-corrected chi connectivity index (χ2v) is 6.02. The van der Waals surface area contributed by atoms with Crippen LogP contribution < -0.4 is 0 Å². The molecule has 0 aromatic carbocycles. The number of rotatable bonds is 4. The van der Waals surface area contributed by atoms with Crippen molar-refractivity contribution >= 4 is 22.0 Å². The smallest absolute Gasteiger partial charge is 0.325 e. The number of aliphatic carboxylic acids is 1. The number of carboxylic acids is 1. The van der Waals surface area contributed by atoms with Gasteiger partial charge in [-0.1, -0.05) is 0 Å². The van der Waals surface area contributed by atoms with Gasteiger partial charge in [0.25, 0.3) is 0 Å². The Morgan fingerprint density at radius 2 is 2.06 bits per heavy atom. The SMILES string of the molecule is COC(=O)C(C)S(=O)(=O)N1CCCC1C(=O)O. The fourth-order valence-electron chi connectivity index (χ4n) is 1.78. The molecule has 1 saturated heterocycles. The molecule has 0 amide bonds. The maximum Gasteiger partial charge on any atom is 0.325 e. The first kappa shape index (κ1) is 13.9. The number of carbonyl (C=O) groups excluding carboxylic acids is 1. The Balaban J connectivity index is 2.98. The number of esters is 1. The van der Waals surface area contributed by atoms with Gasteiger partial charge >= 0.3 is 11.9 Å². The van der Waals surface area contributed by atoms with Crippen molar-refractivity contribution in [2.24, 2.45) is 0 Å². The summed E-state index contributed by atoms with van der Waals surface area (Å²) in [6.45, 7) is 1.32. The first-order valence-corrected chi connectivity index (χ1v) is 6.64. The molecule has 1 aliphatic heterocycles. The normalized spacial score (nSPS) is 23.3. The van der Waals surface area contributed by atoms with Crippen molar-refractivity contribution in [3.05, 3.63) is 0 Å². The molecular formula is C9H15NO6S. The third-order valence-electron chi connectivity index (χ3n) is 2.80. The van der Waals surface area contributed by atoms with Gasteiger partial charge in [0.1, 0.15) is 6.04 Å². The Morgan fingerprint density at radius 3 is 2.53 bits per heavy atom. The molecule has 7 nitrogen and oxygen atoms in total. The van der Waals surface area contributed by atoms with Gasteiger partial charge in [0, 0.05) is 6.54 Å². The fourth-order valence-corrected chi connectivity index (χ4v) is 3.46. The molecule has 0 saturated carbocycles. The van der Waals surface area contributed by atoms with E-state index in [2.05, 4.69) is 4.74 Å². The summed E-state index contributed by atoms with van der Waals surface area (Å²) in [5, 5.41) is 7.52. The van der Waals surface area contributed by atoms with Crippen molar-refractivity contribution in [3.8, 4) is 0 Å². The molecule has 17 heavy (non-hydrogen) atoms. The van der Waals surface area contributed by atoms with Crippen molar-refractivity contribution in [2.45, 2.75) is 31.1 Å². The summed E-state index contributed by atoms with van der Waals surface area (Å²) in [5.41, 5.74) is 0. The quantitative estimate of drug-likeness (QED) is 0.683. The minimum atomic E-state index is -3.97. The lowest BCUT2D eigenvalue weighted by Gasteiger charge is -2.23. The summed E-state index contributed by atoms with van der Waals surface area (Å²) in [4.78, 5) is 22.1. The molecule has 2 atom stereocenters. The molecule has 1 N–H and O–H groups in total. The van der Waals surface area contributed by atoms with E-state index in [1.54, 1.807) is 0 Å². The Hall–Kier alpha value is -1.15. The average molecular weight is 265 g/mol. The van der Waals surface area contributed by atoms with Crippen LogP contribution in [0, 0.1) is 0 Å². The van der Waals surface area contributed by atoms with Crippen LogP contribution in [0.5, 0.6) is 0 Å². The number of sulfonamides is 1. The number of hydrogen-bond donors (Lipinski definition) is 1. The van der Waals surface area contributed by atoms with Crippen molar-refractivity contribution < 1.29 is 27.9 Å². The number of carboxylic acid groups (broad SMARTS) is 1. The van der Waals surface area contributed by atoms with Crippen LogP contribution in [0.3, 0.4) is 0 Å². The van der Waals surface area contributed by atoms with Crippen LogP contribution in [0.2, 0.25) is 0 Å². The highest BCUT2D eigenvalue weighted by molar-refractivity contribution is 7.90. The summed E-state index contributed by atoms with van der Waals surface area (Å²) in [5.74, 6) is -2.08. The lowest BCUT2D eigenvalue weighted by atomic mass is 10.2. The standard InChI is InChI=1S/C9H15NO6S/c1-6(9(13)16-2)17(14,15)10-5-3-4-7(10)8(11)12/h6-7H,3-5H2,1-2H3,(H,11,12). The lowest BCUT2D eigenvalue weighted by Crippen LogP contribution is -2.46. The zero-order valence-corrected chi connectivity index (χ0v) is 10.4. The largest absolute Gasteiger partial charge is 0.480 e. The van der Waals surface area contributed by atoms with Crippen molar-refractivity contribution in [1.82, 2.24) is 4.31 Å². The molecule has 0 aromatic rings. The molecule has 0 spiro atoms. The molecule has 1 heterocycles. The Kier molecular flexibility index (Phi) is 4.10. The Labute approximate surface area is 99.4 Å². The van der Waals surface area contributed by atoms with Crippen LogP contribution in [0.1, 0.15) is 19.8 Å². The molecule has 0 aromatic heterocycles. The number of nitrogens with zero attached hydrogens (tertiary/aromatic N) is 1. The minimum absolute atomic E-state index is 0.126. The van der Waals surface area contributed by atoms with Crippen molar-refractivity contribution in [1.29, 1.82) is 0 Å². The summed E-state index contributed by atoms with van der Waals surface area (Å²) in [6.07, 6.45) is 0.743. The van der Waals surface area contributed by atoms with E-state index in [-0.39, 0.29) is 13.0 Å². The van der Waals surface area contributed by atoms with E-state index in [0.717, 1.165) is 11.4 Å². The summed E-state index contributed by atoms with van der Waals surface area (Å²) >= 11 is 0. The van der Waals surface area contributed by atoms with Crippen LogP contribution in [0.15, 0.2) is 0 Å². The highest BCUT2D eigenvalue weighted by Gasteiger charge is 2.43. The van der Waals surface area contributed by atoms with E-state index in [0.29, 0.717) is 6.42 Å². The molecule has 98 valence electrons. The second-order valence-electron chi connectivity index (χ2n) is 3.82. The van der Waals surface area contributed by atoms with E-state index in [1.165, 1.54) is 6.92 Å². The fraction of sp³-hybridized carbons (Fsp3) is 0.778. The molecule has 1 rings (SSSR count). The van der Waals surface area contributed by atoms with Crippen molar-refractivity contribution in [2.75, 3.05) is 13.7 Å². The second kappa shape index (κ2) is 5.01. The predicted octanol–water partition coefficient (Wildman–Crippen LogP) is -0.573. The number of ether oxygens (including phenoxy) is 1. The van der Waals surface area contributed by atoms with Gasteiger partial charge in [0.05, 0.1) is 7.11 Å². The summed E-state index contributed by atoms with van der Waals surface area (Å²) in [6, 6.07) is -1.08. The highest BCUT2D eigenvalue weighted by Crippen LogP contribution is 2.24. The molecule has 2 unspecified atom stereocenters. The summed E-state index contributed by atoms with van der Waals surface area (Å²) in [7, 11) is -2.88. The van der Waals surface area contributed by atoms with Crippen LogP contribution in [-0.2, 0) is 24.3 Å². The molecule has 0 bridgehead atoms. The molecule has 0 aliphatic carbocycles. The van der Waals surface area contributed by atoms with Gasteiger partial charge in [0.15, 0.2) is 5.25 Å². The van der Waals surface area contributed by atoms with Crippen LogP contribution in [-0.4, -0.2) is 54.7 Å². The zero-order valence-electron chi connectivity index (χ0n) is 9.62. The van der Waals surface area contributed by atoms with E-state index in [9.17, 15) is 18.0 Å².